The number of carbonyl (C=O) groups is 1. The highest BCUT2D eigenvalue weighted by Gasteiger charge is 2.28. The van der Waals surface area contributed by atoms with Crippen LogP contribution in [-0.2, 0) is 21.2 Å². The number of hydrogen-bond donors (Lipinski definition) is 4. The van der Waals surface area contributed by atoms with E-state index in [2.05, 4.69) is 4.72 Å². The van der Waals surface area contributed by atoms with Crippen LogP contribution in [0.25, 0.3) is 0 Å². The summed E-state index contributed by atoms with van der Waals surface area (Å²) in [5.41, 5.74) is 4.65. The zero-order valence-corrected chi connectivity index (χ0v) is 11.4. The molecule has 0 saturated carbocycles. The lowest BCUT2D eigenvalue weighted by molar-refractivity contribution is -0.142. The molecule has 19 heavy (non-hydrogen) atoms. The number of phenolic OH excluding ortho intramolecular Hbond substituents is 1. The highest BCUT2D eigenvalue weighted by atomic mass is 32.2. The zero-order chi connectivity index (χ0) is 14.8. The van der Waals surface area contributed by atoms with Gasteiger partial charge in [0.1, 0.15) is 11.3 Å². The van der Waals surface area contributed by atoms with Crippen molar-refractivity contribution in [2.24, 2.45) is 5.73 Å². The highest BCUT2D eigenvalue weighted by Crippen LogP contribution is 2.26. The Hall–Kier alpha value is -1.80. The molecule has 0 heterocycles. The second-order valence-electron chi connectivity index (χ2n) is 4.63. The van der Waals surface area contributed by atoms with Crippen LogP contribution in [0.3, 0.4) is 0 Å². The third-order valence-corrected chi connectivity index (χ3v) is 3.01. The summed E-state index contributed by atoms with van der Waals surface area (Å²) in [5.74, 6) is -1.45. The number of hydrogen-bond acceptors (Lipinski definition) is 5. The van der Waals surface area contributed by atoms with Crippen molar-refractivity contribution in [2.75, 3.05) is 11.0 Å². The summed E-state index contributed by atoms with van der Waals surface area (Å²) in [5, 5.41) is 18.6. The fourth-order valence-corrected chi connectivity index (χ4v) is 2.04. The predicted molar refractivity (Wildman–Crippen MR) is 70.5 cm³/mol. The molecule has 0 aromatic heterocycles. The average Bonchev–Trinajstić information content (AvgIpc) is 2.19. The molecule has 1 aromatic rings. The van der Waals surface area contributed by atoms with Gasteiger partial charge in [-0.1, -0.05) is 6.07 Å². The maximum atomic E-state index is 11.0. The Morgan fingerprint density at radius 1 is 1.47 bits per heavy atom. The number of phenols is 1. The maximum Gasteiger partial charge on any atom is 0.323 e. The molecule has 0 saturated heterocycles. The van der Waals surface area contributed by atoms with Crippen LogP contribution in [0.4, 0.5) is 5.69 Å². The van der Waals surface area contributed by atoms with E-state index in [-0.39, 0.29) is 17.9 Å². The predicted octanol–water partition coefficient (Wildman–Crippen LogP) is 0.108. The lowest BCUT2D eigenvalue weighted by Gasteiger charge is -2.19. The van der Waals surface area contributed by atoms with Crippen LogP contribution in [-0.4, -0.2) is 36.4 Å². The first-order valence-corrected chi connectivity index (χ1v) is 7.22. The van der Waals surface area contributed by atoms with Crippen LogP contribution in [0.1, 0.15) is 12.5 Å². The van der Waals surface area contributed by atoms with E-state index in [9.17, 15) is 18.3 Å². The minimum absolute atomic E-state index is 0.00898. The van der Waals surface area contributed by atoms with Gasteiger partial charge in [-0.25, -0.2) is 8.42 Å². The third-order valence-electron chi connectivity index (χ3n) is 2.42. The van der Waals surface area contributed by atoms with Gasteiger partial charge in [-0.2, -0.15) is 0 Å². The maximum absolute atomic E-state index is 11.0. The number of benzene rings is 1. The van der Waals surface area contributed by atoms with Crippen molar-refractivity contribution < 1.29 is 23.4 Å². The Morgan fingerprint density at radius 3 is 2.47 bits per heavy atom. The third kappa shape index (κ3) is 4.42. The van der Waals surface area contributed by atoms with Gasteiger partial charge in [-0.05, 0) is 24.6 Å². The number of nitrogens with one attached hydrogen (secondary N) is 1. The Balaban J connectivity index is 2.98. The Bertz CT molecular complexity index is 595. The van der Waals surface area contributed by atoms with Gasteiger partial charge in [0.15, 0.2) is 0 Å². The lowest BCUT2D eigenvalue weighted by Crippen LogP contribution is -2.46. The monoisotopic (exact) mass is 288 g/mol. The standard InChI is InChI=1S/C11H16N2O5S/c1-11(12,10(15)16)6-7-3-4-8(9(14)5-7)13-19(2,17)18/h3-5,13-14H,6,12H2,1-2H3,(H,15,16)/t11-/m1/s1. The number of rotatable bonds is 5. The van der Waals surface area contributed by atoms with Gasteiger partial charge in [-0.3, -0.25) is 9.52 Å². The summed E-state index contributed by atoms with van der Waals surface area (Å²) in [4.78, 5) is 10.9. The van der Waals surface area contributed by atoms with E-state index in [1.807, 2.05) is 0 Å². The first-order valence-electron chi connectivity index (χ1n) is 5.33. The topological polar surface area (TPSA) is 130 Å². The normalized spacial score (nSPS) is 14.7. The summed E-state index contributed by atoms with van der Waals surface area (Å²) in [6.45, 7) is 1.36. The van der Waals surface area contributed by atoms with Crippen molar-refractivity contribution in [1.29, 1.82) is 0 Å². The molecule has 106 valence electrons. The largest absolute Gasteiger partial charge is 0.506 e. The zero-order valence-electron chi connectivity index (χ0n) is 10.5. The Morgan fingerprint density at radius 2 is 2.05 bits per heavy atom. The van der Waals surface area contributed by atoms with Crippen molar-refractivity contribution in [3.63, 3.8) is 0 Å². The van der Waals surface area contributed by atoms with Crippen LogP contribution >= 0.6 is 0 Å². The number of sulfonamides is 1. The molecule has 1 aromatic carbocycles. The molecule has 0 aliphatic heterocycles. The Labute approximate surface area is 111 Å². The molecule has 5 N–H and O–H groups in total. The van der Waals surface area contributed by atoms with Gasteiger partial charge >= 0.3 is 5.97 Å². The van der Waals surface area contributed by atoms with Crippen LogP contribution in [0, 0.1) is 0 Å². The first kappa shape index (κ1) is 15.3. The van der Waals surface area contributed by atoms with Gasteiger partial charge in [0.05, 0.1) is 11.9 Å². The molecule has 0 aliphatic carbocycles. The number of carboxylic acids is 1. The fraction of sp³-hybridized carbons (Fsp3) is 0.364. The lowest BCUT2D eigenvalue weighted by atomic mass is 9.94. The minimum Gasteiger partial charge on any atom is -0.506 e. The van der Waals surface area contributed by atoms with Crippen molar-refractivity contribution in [1.82, 2.24) is 0 Å². The smallest absolute Gasteiger partial charge is 0.323 e. The van der Waals surface area contributed by atoms with Crippen molar-refractivity contribution in [2.45, 2.75) is 18.9 Å². The van der Waals surface area contributed by atoms with E-state index in [0.29, 0.717) is 5.56 Å². The van der Waals surface area contributed by atoms with Crippen LogP contribution in [0.2, 0.25) is 0 Å². The molecule has 0 radical (unpaired) electrons. The summed E-state index contributed by atoms with van der Waals surface area (Å²) < 4.78 is 24.2. The molecular formula is C11H16N2O5S. The van der Waals surface area contributed by atoms with E-state index in [1.165, 1.54) is 25.1 Å². The summed E-state index contributed by atoms with van der Waals surface area (Å²) in [6, 6.07) is 4.13. The number of aromatic hydroxyl groups is 1. The minimum atomic E-state index is -3.49. The fourth-order valence-electron chi connectivity index (χ4n) is 1.47. The molecule has 1 rings (SSSR count). The second-order valence-corrected chi connectivity index (χ2v) is 6.37. The molecule has 7 nitrogen and oxygen atoms in total. The number of carboxylic acid groups (broad SMARTS) is 1. The van der Waals surface area contributed by atoms with Gasteiger partial charge in [0.25, 0.3) is 0 Å². The van der Waals surface area contributed by atoms with E-state index in [1.54, 1.807) is 0 Å². The van der Waals surface area contributed by atoms with Crippen molar-refractivity contribution in [3.8, 4) is 5.75 Å². The van der Waals surface area contributed by atoms with Crippen molar-refractivity contribution >= 4 is 21.7 Å². The summed E-state index contributed by atoms with van der Waals surface area (Å²) >= 11 is 0. The summed E-state index contributed by atoms with van der Waals surface area (Å²) in [7, 11) is -3.49. The van der Waals surface area contributed by atoms with Gasteiger partial charge in [-0.15, -0.1) is 0 Å². The molecular weight excluding hydrogens is 272 g/mol. The number of anilines is 1. The molecule has 0 aliphatic rings. The molecule has 1 atom stereocenters. The molecule has 0 unspecified atom stereocenters. The van der Waals surface area contributed by atoms with E-state index >= 15 is 0 Å². The quantitative estimate of drug-likeness (QED) is 0.569. The Kier molecular flexibility index (Phi) is 4.06. The molecule has 0 fully saturated rings. The van der Waals surface area contributed by atoms with E-state index < -0.39 is 21.5 Å². The number of aliphatic carboxylic acids is 1. The molecule has 0 spiro atoms. The highest BCUT2D eigenvalue weighted by molar-refractivity contribution is 7.92. The van der Waals surface area contributed by atoms with Crippen LogP contribution in [0.15, 0.2) is 18.2 Å². The van der Waals surface area contributed by atoms with E-state index in [0.717, 1.165) is 6.26 Å². The molecule has 0 bridgehead atoms. The first-order chi connectivity index (χ1) is 8.51. The van der Waals surface area contributed by atoms with Gasteiger partial charge in [0, 0.05) is 6.42 Å². The summed E-state index contributed by atoms with van der Waals surface area (Å²) in [6.07, 6.45) is 0.969. The van der Waals surface area contributed by atoms with Crippen molar-refractivity contribution in [3.05, 3.63) is 23.8 Å². The number of nitrogens with two attached hydrogens (primary N) is 1. The van der Waals surface area contributed by atoms with Crippen LogP contribution < -0.4 is 10.5 Å². The molecule has 0 amide bonds. The van der Waals surface area contributed by atoms with Gasteiger partial charge in [0.2, 0.25) is 10.0 Å². The van der Waals surface area contributed by atoms with Gasteiger partial charge < -0.3 is 15.9 Å². The molecule has 8 heteroatoms. The van der Waals surface area contributed by atoms with E-state index in [4.69, 9.17) is 10.8 Å². The average molecular weight is 288 g/mol. The SMILES string of the molecule is C[C@@](N)(Cc1ccc(NS(C)(=O)=O)c(O)c1)C(=O)O. The second kappa shape index (κ2) is 5.06. The van der Waals surface area contributed by atoms with Crippen LogP contribution in [0.5, 0.6) is 5.75 Å².